The van der Waals surface area contributed by atoms with Crippen LogP contribution in [0.5, 0.6) is 0 Å². The van der Waals surface area contributed by atoms with E-state index in [4.69, 9.17) is 19.3 Å². The molecule has 1 heteroatoms. The first kappa shape index (κ1) is 12.1. The van der Waals surface area contributed by atoms with Crippen molar-refractivity contribution in [2.45, 2.75) is 19.3 Å². The average molecular weight is 190 g/mol. The van der Waals surface area contributed by atoms with Gasteiger partial charge in [0.25, 0.3) is 0 Å². The molecule has 13 heavy (non-hydrogen) atoms. The third-order valence-electron chi connectivity index (χ3n) is 1.72. The van der Waals surface area contributed by atoms with Crippen molar-refractivity contribution in [3.05, 3.63) is 0 Å². The normalized spacial score (nSPS) is 8.77. The van der Waals surface area contributed by atoms with Crippen LogP contribution in [0, 0.1) is 37.0 Å². The molecule has 0 aliphatic heterocycles. The van der Waals surface area contributed by atoms with Crippen LogP contribution in [0.25, 0.3) is 0 Å². The molecular weight excluding hydrogens is 175 g/mol. The van der Waals surface area contributed by atoms with Gasteiger partial charge in [-0.25, -0.2) is 0 Å². The first-order valence-electron chi connectivity index (χ1n) is 4.38. The van der Waals surface area contributed by atoms with E-state index in [9.17, 15) is 0 Å². The molecule has 0 saturated heterocycles. The summed E-state index contributed by atoms with van der Waals surface area (Å²) >= 11 is 0. The van der Waals surface area contributed by atoms with Gasteiger partial charge in [-0.3, -0.25) is 0 Å². The highest BCUT2D eigenvalue weighted by Gasteiger charge is 2.04. The molecule has 0 amide bonds. The lowest BCUT2D eigenvalue weighted by atomic mass is 10.5. The Hall–Kier alpha value is -0.890. The molecule has 0 rings (SSSR count). The Bertz CT molecular complexity index is 191. The lowest BCUT2D eigenvalue weighted by molar-refractivity contribution is 1.17. The fraction of sp³-hybridized carbons (Fsp3) is 0.500. The van der Waals surface area contributed by atoms with Crippen LogP contribution in [0.1, 0.15) is 19.3 Å². The van der Waals surface area contributed by atoms with Crippen LogP contribution < -0.4 is 0 Å². The Balaban J connectivity index is 3.70. The quantitative estimate of drug-likeness (QED) is 0.446. The zero-order chi connectivity index (χ0) is 9.94. The molecule has 0 aromatic carbocycles. The van der Waals surface area contributed by atoms with Gasteiger partial charge in [0.2, 0.25) is 0 Å². The van der Waals surface area contributed by atoms with E-state index in [2.05, 4.69) is 17.8 Å². The molecule has 0 spiro atoms. The van der Waals surface area contributed by atoms with Crippen molar-refractivity contribution in [2.75, 3.05) is 18.5 Å². The number of hydrogen-bond donors (Lipinski definition) is 0. The Kier molecular flexibility index (Phi) is 8.57. The Morgan fingerprint density at radius 2 is 1.00 bits per heavy atom. The van der Waals surface area contributed by atoms with Gasteiger partial charge in [-0.15, -0.1) is 45.0 Å². The summed E-state index contributed by atoms with van der Waals surface area (Å²) in [6, 6.07) is 0. The van der Waals surface area contributed by atoms with Crippen LogP contribution in [-0.2, 0) is 0 Å². The van der Waals surface area contributed by atoms with Crippen molar-refractivity contribution < 1.29 is 0 Å². The van der Waals surface area contributed by atoms with Gasteiger partial charge in [0.15, 0.2) is 0 Å². The second-order valence-electron chi connectivity index (χ2n) is 2.70. The van der Waals surface area contributed by atoms with Crippen LogP contribution in [0.15, 0.2) is 0 Å². The monoisotopic (exact) mass is 190 g/mol. The van der Waals surface area contributed by atoms with Gasteiger partial charge in [-0.05, 0) is 18.5 Å². The summed E-state index contributed by atoms with van der Waals surface area (Å²) < 4.78 is 0. The lowest BCUT2D eigenvalue weighted by Gasteiger charge is -2.13. The molecule has 0 aliphatic rings. The van der Waals surface area contributed by atoms with E-state index >= 15 is 0 Å². The van der Waals surface area contributed by atoms with Crippen LogP contribution >= 0.6 is 7.92 Å². The van der Waals surface area contributed by atoms with E-state index < -0.39 is 0 Å². The van der Waals surface area contributed by atoms with Gasteiger partial charge in [0, 0.05) is 19.3 Å². The topological polar surface area (TPSA) is 0 Å². The summed E-state index contributed by atoms with van der Waals surface area (Å²) in [6.07, 6.45) is 21.6. The molecule has 0 aliphatic carbocycles. The molecule has 0 aromatic rings. The maximum absolute atomic E-state index is 5.21. The van der Waals surface area contributed by atoms with Gasteiger partial charge in [0.1, 0.15) is 0 Å². The zero-order valence-electron chi connectivity index (χ0n) is 7.92. The number of hydrogen-bond acceptors (Lipinski definition) is 0. The molecule has 68 valence electrons. The molecule has 0 nitrogen and oxygen atoms in total. The minimum absolute atomic E-state index is 0.00582. The first-order valence-corrected chi connectivity index (χ1v) is 6.27. The summed E-state index contributed by atoms with van der Waals surface area (Å²) in [6.45, 7) is 0. The molecule has 0 radical (unpaired) electrons. The van der Waals surface area contributed by atoms with E-state index in [-0.39, 0.29) is 7.92 Å². The summed E-state index contributed by atoms with van der Waals surface area (Å²) in [5.41, 5.74) is 0. The Morgan fingerprint density at radius 3 is 1.23 bits per heavy atom. The maximum atomic E-state index is 5.21. The highest BCUT2D eigenvalue weighted by molar-refractivity contribution is 7.57. The van der Waals surface area contributed by atoms with Crippen molar-refractivity contribution in [1.82, 2.24) is 0 Å². The largest absolute Gasteiger partial charge is 0.120 e. The van der Waals surface area contributed by atoms with Gasteiger partial charge < -0.3 is 0 Å². The van der Waals surface area contributed by atoms with E-state index in [0.29, 0.717) is 0 Å². The fourth-order valence-corrected chi connectivity index (χ4v) is 3.01. The smallest absolute Gasteiger partial charge is 0.0125 e. The first-order chi connectivity index (χ1) is 6.35. The van der Waals surface area contributed by atoms with Crippen LogP contribution in [0.4, 0.5) is 0 Å². The summed E-state index contributed by atoms with van der Waals surface area (Å²) in [5, 5.41) is 0. The molecular formula is C12H15P. The molecule has 0 heterocycles. The van der Waals surface area contributed by atoms with Gasteiger partial charge in [-0.2, -0.15) is 0 Å². The summed E-state index contributed by atoms with van der Waals surface area (Å²) in [7, 11) is -0.00582. The minimum Gasteiger partial charge on any atom is -0.120 e. The van der Waals surface area contributed by atoms with Crippen molar-refractivity contribution in [3.63, 3.8) is 0 Å². The second kappa shape index (κ2) is 9.20. The Morgan fingerprint density at radius 1 is 0.692 bits per heavy atom. The molecule has 0 fully saturated rings. The number of terminal acetylenes is 3. The molecule has 0 saturated carbocycles. The maximum Gasteiger partial charge on any atom is 0.0125 e. The predicted molar refractivity (Wildman–Crippen MR) is 61.9 cm³/mol. The minimum atomic E-state index is -0.00582. The second-order valence-corrected chi connectivity index (χ2v) is 5.39. The van der Waals surface area contributed by atoms with Crippen molar-refractivity contribution in [2.24, 2.45) is 0 Å². The molecule has 0 aromatic heterocycles. The van der Waals surface area contributed by atoms with E-state index in [1.807, 2.05) is 0 Å². The van der Waals surface area contributed by atoms with Crippen molar-refractivity contribution in [3.8, 4) is 37.0 Å². The zero-order valence-corrected chi connectivity index (χ0v) is 8.82. The third-order valence-corrected chi connectivity index (χ3v) is 4.29. The number of rotatable bonds is 6. The summed E-state index contributed by atoms with van der Waals surface area (Å²) in [4.78, 5) is 0. The van der Waals surface area contributed by atoms with E-state index in [1.165, 1.54) is 0 Å². The van der Waals surface area contributed by atoms with Crippen LogP contribution in [0.2, 0.25) is 0 Å². The molecule has 0 bridgehead atoms. The molecule has 0 atom stereocenters. The molecule has 0 unspecified atom stereocenters. The highest BCUT2D eigenvalue weighted by Crippen LogP contribution is 2.37. The van der Waals surface area contributed by atoms with Gasteiger partial charge in [-0.1, -0.05) is 0 Å². The lowest BCUT2D eigenvalue weighted by Crippen LogP contribution is -1.94. The predicted octanol–water partition coefficient (Wildman–Crippen LogP) is 2.54. The van der Waals surface area contributed by atoms with Gasteiger partial charge >= 0.3 is 0 Å². The van der Waals surface area contributed by atoms with Crippen LogP contribution in [0.3, 0.4) is 0 Å². The highest BCUT2D eigenvalue weighted by atomic mass is 31.1. The summed E-state index contributed by atoms with van der Waals surface area (Å²) in [5.74, 6) is 7.99. The third kappa shape index (κ3) is 7.47. The SMILES string of the molecule is C#CCCP(CCC#C)CCC#C. The van der Waals surface area contributed by atoms with Crippen molar-refractivity contribution >= 4 is 7.92 Å². The van der Waals surface area contributed by atoms with Crippen molar-refractivity contribution in [1.29, 1.82) is 0 Å². The van der Waals surface area contributed by atoms with Crippen LogP contribution in [-0.4, -0.2) is 18.5 Å². The fourth-order valence-electron chi connectivity index (χ4n) is 1.00. The standard InChI is InChI=1S/C12H15P/c1-4-7-10-13(11-8-5-2)12-9-6-3/h1-3H,7-12H2. The van der Waals surface area contributed by atoms with E-state index in [0.717, 1.165) is 37.7 Å². The van der Waals surface area contributed by atoms with Gasteiger partial charge in [0.05, 0.1) is 0 Å². The Labute approximate surface area is 83.3 Å². The molecule has 0 N–H and O–H groups in total. The van der Waals surface area contributed by atoms with E-state index in [1.54, 1.807) is 0 Å². The average Bonchev–Trinajstić information content (AvgIpc) is 2.17.